The lowest BCUT2D eigenvalue weighted by atomic mass is 10.1. The second kappa shape index (κ2) is 5.27. The molecule has 0 fully saturated rings. The number of halogens is 1. The van der Waals surface area contributed by atoms with Crippen molar-refractivity contribution in [1.29, 1.82) is 0 Å². The third kappa shape index (κ3) is 3.01. The fraction of sp³-hybridized carbons (Fsp3) is 0.231. The molecule has 6 nitrogen and oxygen atoms in total. The molecule has 1 aromatic carbocycles. The van der Waals surface area contributed by atoms with Crippen LogP contribution in [-0.2, 0) is 22.0 Å². The van der Waals surface area contributed by atoms with Crippen molar-refractivity contribution in [3.63, 3.8) is 0 Å². The van der Waals surface area contributed by atoms with Crippen LogP contribution in [0.25, 0.3) is 0 Å². The average molecular weight is 370 g/mol. The highest BCUT2D eigenvalue weighted by Gasteiger charge is 2.28. The predicted molar refractivity (Wildman–Crippen MR) is 81.9 cm³/mol. The zero-order chi connectivity index (χ0) is 15.0. The molecule has 0 aliphatic carbocycles. The van der Waals surface area contributed by atoms with Crippen LogP contribution >= 0.6 is 15.9 Å². The summed E-state index contributed by atoms with van der Waals surface area (Å²) in [5, 5.41) is 9.38. The van der Waals surface area contributed by atoms with Gasteiger partial charge in [-0.05, 0) is 24.6 Å². The number of H-pyrrole nitrogens is 1. The van der Waals surface area contributed by atoms with E-state index in [9.17, 15) is 13.2 Å². The number of carbonyl (C=O) groups is 1. The minimum absolute atomic E-state index is 0.0523. The number of carbonyl (C=O) groups excluding carboxylic acids is 1. The normalized spacial score (nSPS) is 16.2. The summed E-state index contributed by atoms with van der Waals surface area (Å²) in [5.41, 5.74) is 2.12. The van der Waals surface area contributed by atoms with Crippen molar-refractivity contribution in [2.45, 2.75) is 12.2 Å². The number of benzene rings is 1. The number of rotatable bonds is 2. The van der Waals surface area contributed by atoms with Gasteiger partial charge in [-0.25, -0.2) is 8.42 Å². The molecule has 8 heteroatoms. The first-order valence-electron chi connectivity index (χ1n) is 6.28. The van der Waals surface area contributed by atoms with Crippen molar-refractivity contribution < 1.29 is 13.2 Å². The first-order valence-corrected chi connectivity index (χ1v) is 8.89. The Balaban J connectivity index is 1.85. The molecule has 0 radical (unpaired) electrons. The number of hydrogen-bond donors (Lipinski definition) is 2. The highest BCUT2D eigenvalue weighted by Crippen LogP contribution is 2.23. The molecule has 110 valence electrons. The van der Waals surface area contributed by atoms with Crippen molar-refractivity contribution >= 4 is 37.4 Å². The van der Waals surface area contributed by atoms with Crippen LogP contribution in [0.15, 0.2) is 28.7 Å². The van der Waals surface area contributed by atoms with Gasteiger partial charge in [-0.3, -0.25) is 9.89 Å². The monoisotopic (exact) mass is 369 g/mol. The molecule has 1 amide bonds. The Hall–Kier alpha value is -1.67. The molecule has 1 aliphatic rings. The third-order valence-electron chi connectivity index (χ3n) is 3.28. The zero-order valence-electron chi connectivity index (χ0n) is 10.9. The molecule has 2 N–H and O–H groups in total. The van der Waals surface area contributed by atoms with Crippen LogP contribution < -0.4 is 5.32 Å². The van der Waals surface area contributed by atoms with Crippen molar-refractivity contribution in [1.82, 2.24) is 10.2 Å². The minimum Gasteiger partial charge on any atom is -0.321 e. The van der Waals surface area contributed by atoms with Crippen molar-refractivity contribution in [2.24, 2.45) is 0 Å². The summed E-state index contributed by atoms with van der Waals surface area (Å²) in [6.07, 6.45) is 0.315. The Morgan fingerprint density at radius 3 is 2.95 bits per heavy atom. The molecule has 0 spiro atoms. The van der Waals surface area contributed by atoms with Crippen molar-refractivity contribution in [3.05, 3.63) is 45.7 Å². The van der Waals surface area contributed by atoms with E-state index in [-0.39, 0.29) is 23.1 Å². The molecule has 2 heterocycles. The van der Waals surface area contributed by atoms with Crippen LogP contribution in [0, 0.1) is 0 Å². The van der Waals surface area contributed by atoms with Gasteiger partial charge in [0.1, 0.15) is 0 Å². The summed E-state index contributed by atoms with van der Waals surface area (Å²) in [6, 6.07) is 7.22. The fourth-order valence-corrected chi connectivity index (χ4v) is 4.02. The van der Waals surface area contributed by atoms with Crippen LogP contribution in [0.3, 0.4) is 0 Å². The maximum absolute atomic E-state index is 12.3. The third-order valence-corrected chi connectivity index (χ3v) is 5.33. The van der Waals surface area contributed by atoms with Gasteiger partial charge in [0.15, 0.2) is 15.5 Å². The maximum Gasteiger partial charge on any atom is 0.276 e. The minimum atomic E-state index is -3.08. The van der Waals surface area contributed by atoms with Crippen LogP contribution in [-0.4, -0.2) is 30.3 Å². The Kier molecular flexibility index (Phi) is 3.58. The second-order valence-electron chi connectivity index (χ2n) is 4.84. The lowest BCUT2D eigenvalue weighted by Gasteiger charge is -2.12. The highest BCUT2D eigenvalue weighted by atomic mass is 79.9. The van der Waals surface area contributed by atoms with Gasteiger partial charge in [-0.15, -0.1) is 0 Å². The molecule has 0 saturated carbocycles. The zero-order valence-corrected chi connectivity index (χ0v) is 13.3. The second-order valence-corrected chi connectivity index (χ2v) is 7.94. The van der Waals surface area contributed by atoms with Gasteiger partial charge in [0.25, 0.3) is 5.91 Å². The van der Waals surface area contributed by atoms with E-state index in [1.165, 1.54) is 0 Å². The molecule has 0 unspecified atom stereocenters. The summed E-state index contributed by atoms with van der Waals surface area (Å²) in [4.78, 5) is 12.3. The molecule has 2 aromatic rings. The van der Waals surface area contributed by atoms with Crippen LogP contribution in [0.2, 0.25) is 0 Å². The summed E-state index contributed by atoms with van der Waals surface area (Å²) < 4.78 is 24.0. The van der Waals surface area contributed by atoms with E-state index in [1.807, 2.05) is 12.1 Å². The summed E-state index contributed by atoms with van der Waals surface area (Å²) in [6.45, 7) is 0. The van der Waals surface area contributed by atoms with Crippen LogP contribution in [0.4, 0.5) is 5.69 Å². The maximum atomic E-state index is 12.3. The average Bonchev–Trinajstić information content (AvgIpc) is 2.80. The van der Waals surface area contributed by atoms with E-state index in [0.29, 0.717) is 23.4 Å². The number of hydrogen-bond acceptors (Lipinski definition) is 4. The van der Waals surface area contributed by atoms with Gasteiger partial charge in [-0.2, -0.15) is 5.10 Å². The molecular weight excluding hydrogens is 358 g/mol. The summed E-state index contributed by atoms with van der Waals surface area (Å²) >= 11 is 3.33. The van der Waals surface area contributed by atoms with E-state index in [0.717, 1.165) is 4.47 Å². The number of fused-ring (bicyclic) bond motifs is 1. The Labute approximate surface area is 130 Å². The Bertz CT molecular complexity index is 814. The number of amides is 1. The highest BCUT2D eigenvalue weighted by molar-refractivity contribution is 9.10. The van der Waals surface area contributed by atoms with E-state index >= 15 is 0 Å². The van der Waals surface area contributed by atoms with Gasteiger partial charge in [0, 0.05) is 15.7 Å². The smallest absolute Gasteiger partial charge is 0.276 e. The Morgan fingerprint density at radius 2 is 2.19 bits per heavy atom. The predicted octanol–water partition coefficient (Wildman–Crippen LogP) is 1.90. The number of nitrogens with zero attached hydrogens (tertiary/aromatic N) is 1. The lowest BCUT2D eigenvalue weighted by Crippen LogP contribution is -2.21. The topological polar surface area (TPSA) is 91.9 Å². The van der Waals surface area contributed by atoms with Gasteiger partial charge < -0.3 is 5.32 Å². The molecular formula is C13H12BrN3O3S. The van der Waals surface area contributed by atoms with E-state index in [4.69, 9.17) is 0 Å². The first-order chi connectivity index (χ1) is 9.94. The van der Waals surface area contributed by atoms with Crippen molar-refractivity contribution in [3.8, 4) is 0 Å². The van der Waals surface area contributed by atoms with E-state index < -0.39 is 9.84 Å². The van der Waals surface area contributed by atoms with E-state index in [2.05, 4.69) is 31.4 Å². The van der Waals surface area contributed by atoms with Gasteiger partial charge in [0.05, 0.1) is 17.2 Å². The van der Waals surface area contributed by atoms with E-state index in [1.54, 1.807) is 12.1 Å². The number of sulfone groups is 1. The quantitative estimate of drug-likeness (QED) is 0.845. The molecule has 21 heavy (non-hydrogen) atoms. The molecule has 1 aliphatic heterocycles. The SMILES string of the molecule is O=C(Nc1cccc(Br)c1)c1n[nH]c2c1CCS(=O)(=O)C2. The first kappa shape index (κ1) is 14.3. The molecule has 0 saturated heterocycles. The molecule has 0 atom stereocenters. The molecule has 3 rings (SSSR count). The standard InChI is InChI=1S/C13H12BrN3O3S/c14-8-2-1-3-9(6-8)15-13(18)12-10-4-5-21(19,20)7-11(10)16-17-12/h1-3,6H,4-5,7H2,(H,15,18)(H,16,17). The molecule has 1 aromatic heterocycles. The largest absolute Gasteiger partial charge is 0.321 e. The molecule has 0 bridgehead atoms. The fourth-order valence-electron chi connectivity index (χ4n) is 2.28. The summed E-state index contributed by atoms with van der Waals surface area (Å²) in [5.74, 6) is -0.374. The number of anilines is 1. The summed E-state index contributed by atoms with van der Waals surface area (Å²) in [7, 11) is -3.08. The van der Waals surface area contributed by atoms with Crippen LogP contribution in [0.1, 0.15) is 21.7 Å². The van der Waals surface area contributed by atoms with Gasteiger partial charge in [0.2, 0.25) is 0 Å². The number of aromatic amines is 1. The van der Waals surface area contributed by atoms with Gasteiger partial charge >= 0.3 is 0 Å². The lowest BCUT2D eigenvalue weighted by molar-refractivity contribution is 0.102. The van der Waals surface area contributed by atoms with Gasteiger partial charge in [-0.1, -0.05) is 22.0 Å². The van der Waals surface area contributed by atoms with Crippen LogP contribution in [0.5, 0.6) is 0 Å². The number of nitrogens with one attached hydrogen (secondary N) is 2. The van der Waals surface area contributed by atoms with Crippen molar-refractivity contribution in [2.75, 3.05) is 11.1 Å². The number of aromatic nitrogens is 2. The Morgan fingerprint density at radius 1 is 1.38 bits per heavy atom.